The van der Waals surface area contributed by atoms with Crippen molar-refractivity contribution in [1.82, 2.24) is 0 Å². The zero-order chi connectivity index (χ0) is 10.1. The highest BCUT2D eigenvalue weighted by molar-refractivity contribution is 5.36. The Balaban J connectivity index is 2.02. The molecule has 0 aliphatic rings. The van der Waals surface area contributed by atoms with Crippen LogP contribution in [0.2, 0.25) is 0 Å². The van der Waals surface area contributed by atoms with E-state index >= 15 is 0 Å². The Labute approximate surface area is 83.6 Å². The second-order valence-corrected chi connectivity index (χ2v) is 2.88. The molecule has 0 heterocycles. The van der Waals surface area contributed by atoms with Crippen LogP contribution in [0.4, 0.5) is 0 Å². The minimum atomic E-state index is 0.0539. The van der Waals surface area contributed by atoms with E-state index in [0.29, 0.717) is 13.1 Å². The molecule has 1 aromatic rings. The molecule has 0 N–H and O–H groups in total. The molecule has 3 heteroatoms. The second kappa shape index (κ2) is 7.09. The first kappa shape index (κ1) is 10.7. The summed E-state index contributed by atoms with van der Waals surface area (Å²) < 4.78 is 9.43. The standard InChI is InChI=1S/C11H14O3/c12-9-14-10-13-8-4-7-11-5-2-1-3-6-11/h1-3,5-6,9H,4,7-8,10H2. The molecule has 0 aromatic heterocycles. The average Bonchev–Trinajstić information content (AvgIpc) is 2.25. The third-order valence-corrected chi connectivity index (χ3v) is 1.82. The summed E-state index contributed by atoms with van der Waals surface area (Å²) in [5, 5.41) is 0. The smallest absolute Gasteiger partial charge is 0.295 e. The third-order valence-electron chi connectivity index (χ3n) is 1.82. The molecule has 0 aliphatic carbocycles. The summed E-state index contributed by atoms with van der Waals surface area (Å²) in [6.07, 6.45) is 1.92. The van der Waals surface area contributed by atoms with Crippen molar-refractivity contribution in [1.29, 1.82) is 0 Å². The normalized spacial score (nSPS) is 9.71. The second-order valence-electron chi connectivity index (χ2n) is 2.88. The van der Waals surface area contributed by atoms with Gasteiger partial charge in [-0.2, -0.15) is 0 Å². The van der Waals surface area contributed by atoms with Gasteiger partial charge in [0, 0.05) is 0 Å². The average molecular weight is 194 g/mol. The Morgan fingerprint density at radius 1 is 1.21 bits per heavy atom. The number of rotatable bonds is 7. The molecule has 0 radical (unpaired) electrons. The van der Waals surface area contributed by atoms with Gasteiger partial charge in [0.25, 0.3) is 6.47 Å². The summed E-state index contributed by atoms with van der Waals surface area (Å²) in [6.45, 7) is 1.05. The van der Waals surface area contributed by atoms with Gasteiger partial charge < -0.3 is 9.47 Å². The molecule has 0 bridgehead atoms. The minimum absolute atomic E-state index is 0.0539. The highest BCUT2D eigenvalue weighted by atomic mass is 16.7. The van der Waals surface area contributed by atoms with Gasteiger partial charge in [-0.1, -0.05) is 30.3 Å². The van der Waals surface area contributed by atoms with Crippen LogP contribution in [0.5, 0.6) is 0 Å². The van der Waals surface area contributed by atoms with E-state index in [0.717, 1.165) is 12.8 Å². The van der Waals surface area contributed by atoms with E-state index in [4.69, 9.17) is 4.74 Å². The summed E-state index contributed by atoms with van der Waals surface area (Å²) in [7, 11) is 0. The zero-order valence-electron chi connectivity index (χ0n) is 8.02. The van der Waals surface area contributed by atoms with E-state index in [1.165, 1.54) is 5.56 Å². The summed E-state index contributed by atoms with van der Waals surface area (Å²) in [6, 6.07) is 10.2. The van der Waals surface area contributed by atoms with Gasteiger partial charge in [0.2, 0.25) is 0 Å². The molecular formula is C11H14O3. The monoisotopic (exact) mass is 194 g/mol. The van der Waals surface area contributed by atoms with Gasteiger partial charge in [-0.25, -0.2) is 0 Å². The molecular weight excluding hydrogens is 180 g/mol. The number of aryl methyl sites for hydroxylation is 1. The van der Waals surface area contributed by atoms with Crippen LogP contribution < -0.4 is 0 Å². The quantitative estimate of drug-likeness (QED) is 0.377. The molecule has 14 heavy (non-hydrogen) atoms. The number of hydrogen-bond donors (Lipinski definition) is 0. The number of hydrogen-bond acceptors (Lipinski definition) is 3. The largest absolute Gasteiger partial charge is 0.441 e. The number of benzene rings is 1. The first-order valence-electron chi connectivity index (χ1n) is 4.60. The van der Waals surface area contributed by atoms with Gasteiger partial charge in [-0.05, 0) is 18.4 Å². The topological polar surface area (TPSA) is 35.5 Å². The first-order chi connectivity index (χ1) is 6.93. The summed E-state index contributed by atoms with van der Waals surface area (Å²) in [5.74, 6) is 0. The van der Waals surface area contributed by atoms with Crippen molar-refractivity contribution in [3.05, 3.63) is 35.9 Å². The Morgan fingerprint density at radius 2 is 2.00 bits per heavy atom. The van der Waals surface area contributed by atoms with Crippen molar-refractivity contribution >= 4 is 6.47 Å². The predicted molar refractivity (Wildman–Crippen MR) is 52.7 cm³/mol. The van der Waals surface area contributed by atoms with E-state index in [1.54, 1.807) is 0 Å². The zero-order valence-corrected chi connectivity index (χ0v) is 8.02. The van der Waals surface area contributed by atoms with Gasteiger partial charge in [-0.3, -0.25) is 4.79 Å². The molecule has 0 saturated carbocycles. The van der Waals surface area contributed by atoms with Crippen molar-refractivity contribution in [3.63, 3.8) is 0 Å². The molecule has 0 amide bonds. The van der Waals surface area contributed by atoms with Crippen LogP contribution >= 0.6 is 0 Å². The van der Waals surface area contributed by atoms with Crippen molar-refractivity contribution in [3.8, 4) is 0 Å². The SMILES string of the molecule is O=COCOCCCc1ccccc1. The third kappa shape index (κ3) is 4.62. The maximum atomic E-state index is 9.76. The lowest BCUT2D eigenvalue weighted by Gasteiger charge is -2.02. The maximum absolute atomic E-state index is 9.76. The van der Waals surface area contributed by atoms with Crippen molar-refractivity contribution in [2.24, 2.45) is 0 Å². The van der Waals surface area contributed by atoms with Gasteiger partial charge >= 0.3 is 0 Å². The number of ether oxygens (including phenoxy) is 2. The molecule has 0 fully saturated rings. The molecule has 0 atom stereocenters. The van der Waals surface area contributed by atoms with E-state index in [9.17, 15) is 4.79 Å². The van der Waals surface area contributed by atoms with E-state index < -0.39 is 0 Å². The van der Waals surface area contributed by atoms with Gasteiger partial charge in [0.15, 0.2) is 6.79 Å². The molecule has 3 nitrogen and oxygen atoms in total. The van der Waals surface area contributed by atoms with Crippen LogP contribution in [0.15, 0.2) is 30.3 Å². The van der Waals surface area contributed by atoms with Crippen LogP contribution in [-0.4, -0.2) is 19.9 Å². The molecule has 0 spiro atoms. The minimum Gasteiger partial charge on any atom is -0.441 e. The molecule has 1 rings (SSSR count). The lowest BCUT2D eigenvalue weighted by atomic mass is 10.1. The van der Waals surface area contributed by atoms with Gasteiger partial charge in [-0.15, -0.1) is 0 Å². The Kier molecular flexibility index (Phi) is 5.43. The van der Waals surface area contributed by atoms with Crippen LogP contribution in [-0.2, 0) is 20.7 Å². The highest BCUT2D eigenvalue weighted by Gasteiger charge is 1.92. The van der Waals surface area contributed by atoms with Crippen LogP contribution in [0, 0.1) is 0 Å². The van der Waals surface area contributed by atoms with Gasteiger partial charge in [0.05, 0.1) is 6.61 Å². The lowest BCUT2D eigenvalue weighted by molar-refractivity contribution is -0.140. The van der Waals surface area contributed by atoms with E-state index in [-0.39, 0.29) is 6.79 Å². The Morgan fingerprint density at radius 3 is 2.71 bits per heavy atom. The van der Waals surface area contributed by atoms with E-state index in [2.05, 4.69) is 16.9 Å². The summed E-state index contributed by atoms with van der Waals surface area (Å²) in [5.41, 5.74) is 1.30. The Hall–Kier alpha value is -1.35. The van der Waals surface area contributed by atoms with Gasteiger partial charge in [0.1, 0.15) is 0 Å². The molecule has 0 aliphatic heterocycles. The predicted octanol–water partition coefficient (Wildman–Crippen LogP) is 1.77. The fourth-order valence-electron chi connectivity index (χ4n) is 1.16. The summed E-state index contributed by atoms with van der Waals surface area (Å²) >= 11 is 0. The fourth-order valence-corrected chi connectivity index (χ4v) is 1.16. The molecule has 0 saturated heterocycles. The highest BCUT2D eigenvalue weighted by Crippen LogP contribution is 2.01. The van der Waals surface area contributed by atoms with Crippen LogP contribution in [0.3, 0.4) is 0 Å². The maximum Gasteiger partial charge on any atom is 0.295 e. The van der Waals surface area contributed by atoms with E-state index in [1.807, 2.05) is 18.2 Å². The van der Waals surface area contributed by atoms with Crippen LogP contribution in [0.25, 0.3) is 0 Å². The summed E-state index contributed by atoms with van der Waals surface area (Å²) in [4.78, 5) is 9.76. The molecule has 1 aromatic carbocycles. The first-order valence-corrected chi connectivity index (χ1v) is 4.60. The fraction of sp³-hybridized carbons (Fsp3) is 0.364. The molecule has 0 unspecified atom stereocenters. The Bertz CT molecular complexity index is 246. The lowest BCUT2D eigenvalue weighted by Crippen LogP contribution is -2.01. The van der Waals surface area contributed by atoms with Crippen LogP contribution in [0.1, 0.15) is 12.0 Å². The van der Waals surface area contributed by atoms with Crippen molar-refractivity contribution in [2.75, 3.05) is 13.4 Å². The number of carbonyl (C=O) groups is 1. The van der Waals surface area contributed by atoms with Crippen molar-refractivity contribution < 1.29 is 14.3 Å². The molecule has 76 valence electrons. The number of carbonyl (C=O) groups excluding carboxylic acids is 1. The van der Waals surface area contributed by atoms with Crippen molar-refractivity contribution in [2.45, 2.75) is 12.8 Å².